The Labute approximate surface area is 70.7 Å². The SMILES string of the molecule is CN=C(Cl)c1ccccc1N. The fourth-order valence-electron chi connectivity index (χ4n) is 0.805. The van der Waals surface area contributed by atoms with Crippen LogP contribution in [0.1, 0.15) is 5.56 Å². The number of nitrogens with zero attached hydrogens (tertiary/aromatic N) is 1. The van der Waals surface area contributed by atoms with Gasteiger partial charge in [-0.15, -0.1) is 0 Å². The quantitative estimate of drug-likeness (QED) is 0.505. The van der Waals surface area contributed by atoms with Gasteiger partial charge in [0.2, 0.25) is 0 Å². The second kappa shape index (κ2) is 3.39. The lowest BCUT2D eigenvalue weighted by molar-refractivity contribution is 1.45. The Morgan fingerprint density at radius 2 is 2.09 bits per heavy atom. The third kappa shape index (κ3) is 1.71. The van der Waals surface area contributed by atoms with E-state index < -0.39 is 0 Å². The molecule has 11 heavy (non-hydrogen) atoms. The van der Waals surface area contributed by atoms with Crippen molar-refractivity contribution in [2.45, 2.75) is 0 Å². The predicted molar refractivity (Wildman–Crippen MR) is 49.2 cm³/mol. The highest BCUT2D eigenvalue weighted by molar-refractivity contribution is 6.70. The highest BCUT2D eigenvalue weighted by atomic mass is 35.5. The average molecular weight is 169 g/mol. The third-order valence-electron chi connectivity index (χ3n) is 1.38. The fraction of sp³-hybridized carbons (Fsp3) is 0.125. The van der Waals surface area contributed by atoms with E-state index in [4.69, 9.17) is 17.3 Å². The van der Waals surface area contributed by atoms with Gasteiger partial charge in [0.1, 0.15) is 5.17 Å². The maximum Gasteiger partial charge on any atom is 0.132 e. The normalized spacial score (nSPS) is 11.6. The Bertz CT molecular complexity index is 281. The Kier molecular flexibility index (Phi) is 2.49. The van der Waals surface area contributed by atoms with Crippen molar-refractivity contribution in [3.05, 3.63) is 29.8 Å². The maximum absolute atomic E-state index is 5.77. The molecule has 1 aromatic rings. The van der Waals surface area contributed by atoms with E-state index in [9.17, 15) is 0 Å². The number of benzene rings is 1. The van der Waals surface area contributed by atoms with Crippen LogP contribution in [0.2, 0.25) is 0 Å². The first-order chi connectivity index (χ1) is 5.25. The molecule has 3 heteroatoms. The molecular formula is C8H9ClN2. The first-order valence-electron chi connectivity index (χ1n) is 3.23. The van der Waals surface area contributed by atoms with Gasteiger partial charge in [0.15, 0.2) is 0 Å². The van der Waals surface area contributed by atoms with E-state index in [2.05, 4.69) is 4.99 Å². The predicted octanol–water partition coefficient (Wildman–Crippen LogP) is 1.88. The van der Waals surface area contributed by atoms with E-state index >= 15 is 0 Å². The van der Waals surface area contributed by atoms with E-state index in [1.54, 1.807) is 13.1 Å². The second-order valence-corrected chi connectivity index (χ2v) is 2.46. The van der Waals surface area contributed by atoms with Crippen LogP contribution in [0.5, 0.6) is 0 Å². The van der Waals surface area contributed by atoms with Crippen molar-refractivity contribution >= 4 is 22.5 Å². The van der Waals surface area contributed by atoms with Crippen molar-refractivity contribution in [2.75, 3.05) is 12.8 Å². The molecule has 58 valence electrons. The van der Waals surface area contributed by atoms with Gasteiger partial charge in [-0.1, -0.05) is 23.7 Å². The number of hydrogen-bond acceptors (Lipinski definition) is 2. The number of halogens is 1. The summed E-state index contributed by atoms with van der Waals surface area (Å²) < 4.78 is 0. The molecule has 0 atom stereocenters. The van der Waals surface area contributed by atoms with E-state index in [0.29, 0.717) is 10.9 Å². The van der Waals surface area contributed by atoms with Crippen molar-refractivity contribution in [3.63, 3.8) is 0 Å². The molecule has 0 aromatic heterocycles. The van der Waals surface area contributed by atoms with Gasteiger partial charge in [0, 0.05) is 18.3 Å². The lowest BCUT2D eigenvalue weighted by Crippen LogP contribution is -1.97. The minimum Gasteiger partial charge on any atom is -0.398 e. The van der Waals surface area contributed by atoms with Crippen LogP contribution in [-0.2, 0) is 0 Å². The van der Waals surface area contributed by atoms with Gasteiger partial charge in [-0.2, -0.15) is 0 Å². The van der Waals surface area contributed by atoms with E-state index in [1.807, 2.05) is 18.2 Å². The standard InChI is InChI=1S/C8H9ClN2/c1-11-8(9)6-4-2-3-5-7(6)10/h2-5H,10H2,1H3. The van der Waals surface area contributed by atoms with Gasteiger partial charge < -0.3 is 5.73 Å². The van der Waals surface area contributed by atoms with Gasteiger partial charge in [0.05, 0.1) is 0 Å². The molecule has 0 spiro atoms. The molecule has 0 saturated heterocycles. The van der Waals surface area contributed by atoms with Gasteiger partial charge in [0.25, 0.3) is 0 Å². The summed E-state index contributed by atoms with van der Waals surface area (Å²) in [7, 11) is 1.63. The van der Waals surface area contributed by atoms with Crippen molar-refractivity contribution in [2.24, 2.45) is 4.99 Å². The zero-order valence-electron chi connectivity index (χ0n) is 6.21. The van der Waals surface area contributed by atoms with Gasteiger partial charge in [-0.05, 0) is 12.1 Å². The van der Waals surface area contributed by atoms with Crippen LogP contribution in [0.3, 0.4) is 0 Å². The number of nitrogens with two attached hydrogens (primary N) is 1. The van der Waals surface area contributed by atoms with Crippen LogP contribution in [0, 0.1) is 0 Å². The maximum atomic E-state index is 5.77. The van der Waals surface area contributed by atoms with Crippen LogP contribution in [0.4, 0.5) is 5.69 Å². The van der Waals surface area contributed by atoms with Crippen LogP contribution in [-0.4, -0.2) is 12.2 Å². The van der Waals surface area contributed by atoms with Gasteiger partial charge in [-0.3, -0.25) is 4.99 Å². The summed E-state index contributed by atoms with van der Waals surface area (Å²) in [6.07, 6.45) is 0. The number of rotatable bonds is 1. The molecule has 0 saturated carbocycles. The summed E-state index contributed by atoms with van der Waals surface area (Å²) in [5.74, 6) is 0. The highest BCUT2D eigenvalue weighted by Gasteiger charge is 2.00. The second-order valence-electron chi connectivity index (χ2n) is 2.10. The van der Waals surface area contributed by atoms with Crippen molar-refractivity contribution in [3.8, 4) is 0 Å². The highest BCUT2D eigenvalue weighted by Crippen LogP contribution is 2.13. The van der Waals surface area contributed by atoms with Crippen molar-refractivity contribution < 1.29 is 0 Å². The summed E-state index contributed by atoms with van der Waals surface area (Å²) in [6.45, 7) is 0. The minimum absolute atomic E-state index is 0.447. The zero-order valence-corrected chi connectivity index (χ0v) is 6.97. The Morgan fingerprint density at radius 1 is 1.45 bits per heavy atom. The molecule has 0 heterocycles. The summed E-state index contributed by atoms with van der Waals surface area (Å²) in [4.78, 5) is 3.82. The van der Waals surface area contributed by atoms with E-state index in [0.717, 1.165) is 5.56 Å². The number of aliphatic imine (C=N–C) groups is 1. The number of para-hydroxylation sites is 1. The largest absolute Gasteiger partial charge is 0.398 e. The molecule has 2 nitrogen and oxygen atoms in total. The van der Waals surface area contributed by atoms with Crippen LogP contribution >= 0.6 is 11.6 Å². The molecule has 0 radical (unpaired) electrons. The van der Waals surface area contributed by atoms with E-state index in [-0.39, 0.29) is 0 Å². The number of hydrogen-bond donors (Lipinski definition) is 1. The Balaban J connectivity index is 3.14. The van der Waals surface area contributed by atoms with Crippen LogP contribution in [0.25, 0.3) is 0 Å². The minimum atomic E-state index is 0.447. The molecule has 1 aromatic carbocycles. The van der Waals surface area contributed by atoms with Gasteiger partial charge >= 0.3 is 0 Å². The topological polar surface area (TPSA) is 38.4 Å². The molecule has 0 bridgehead atoms. The first-order valence-corrected chi connectivity index (χ1v) is 3.60. The third-order valence-corrected chi connectivity index (χ3v) is 1.75. The average Bonchev–Trinajstić information content (AvgIpc) is 2.04. The molecule has 2 N–H and O–H groups in total. The lowest BCUT2D eigenvalue weighted by Gasteiger charge is -2.00. The first kappa shape index (κ1) is 8.08. The summed E-state index contributed by atoms with van der Waals surface area (Å²) in [6, 6.07) is 7.37. The monoisotopic (exact) mass is 168 g/mol. The molecule has 0 aliphatic heterocycles. The molecule has 0 aliphatic carbocycles. The molecular weight excluding hydrogens is 160 g/mol. The molecule has 0 amide bonds. The summed E-state index contributed by atoms with van der Waals surface area (Å²) >= 11 is 5.77. The van der Waals surface area contributed by atoms with Crippen LogP contribution in [0.15, 0.2) is 29.3 Å². The fourth-order valence-corrected chi connectivity index (χ4v) is 0.977. The molecule has 0 fully saturated rings. The summed E-state index contributed by atoms with van der Waals surface area (Å²) in [5, 5.41) is 0.447. The molecule has 0 aliphatic rings. The molecule has 0 unspecified atom stereocenters. The molecule has 1 rings (SSSR count). The lowest BCUT2D eigenvalue weighted by atomic mass is 10.2. The number of anilines is 1. The Morgan fingerprint density at radius 3 is 2.64 bits per heavy atom. The van der Waals surface area contributed by atoms with Crippen LogP contribution < -0.4 is 5.73 Å². The van der Waals surface area contributed by atoms with Gasteiger partial charge in [-0.25, -0.2) is 0 Å². The number of nitrogen functional groups attached to an aromatic ring is 1. The smallest absolute Gasteiger partial charge is 0.132 e. The Hall–Kier alpha value is -1.02. The van der Waals surface area contributed by atoms with E-state index in [1.165, 1.54) is 0 Å². The van der Waals surface area contributed by atoms with Crippen molar-refractivity contribution in [1.29, 1.82) is 0 Å². The zero-order chi connectivity index (χ0) is 8.27. The summed E-state index contributed by atoms with van der Waals surface area (Å²) in [5.41, 5.74) is 7.08. The van der Waals surface area contributed by atoms with Crippen molar-refractivity contribution in [1.82, 2.24) is 0 Å².